The highest BCUT2D eigenvalue weighted by Crippen LogP contribution is 2.24. The zero-order valence-corrected chi connectivity index (χ0v) is 11.4. The Morgan fingerprint density at radius 3 is 2.53 bits per heavy atom. The lowest BCUT2D eigenvalue weighted by molar-refractivity contribution is 0.510. The van der Waals surface area contributed by atoms with Crippen LogP contribution >= 0.6 is 11.6 Å². The van der Waals surface area contributed by atoms with Crippen LogP contribution in [-0.2, 0) is 6.42 Å². The van der Waals surface area contributed by atoms with Crippen molar-refractivity contribution in [2.24, 2.45) is 5.84 Å². The molecule has 0 bridgehead atoms. The monoisotopic (exact) mass is 278 g/mol. The highest BCUT2D eigenvalue weighted by molar-refractivity contribution is 6.30. The van der Waals surface area contributed by atoms with Crippen LogP contribution in [0.5, 0.6) is 0 Å². The van der Waals surface area contributed by atoms with Gasteiger partial charge in [0, 0.05) is 10.6 Å². The molecule has 0 saturated carbocycles. The summed E-state index contributed by atoms with van der Waals surface area (Å²) in [6.07, 6.45) is 0.605. The summed E-state index contributed by atoms with van der Waals surface area (Å²) >= 11 is 5.91. The average Bonchev–Trinajstić information content (AvgIpc) is 2.41. The zero-order valence-electron chi connectivity index (χ0n) is 10.7. The van der Waals surface area contributed by atoms with Gasteiger partial charge in [0.05, 0.1) is 6.04 Å². The van der Waals surface area contributed by atoms with Gasteiger partial charge in [-0.3, -0.25) is 11.3 Å². The quantitative estimate of drug-likeness (QED) is 0.663. The third kappa shape index (κ3) is 3.53. The van der Waals surface area contributed by atoms with E-state index >= 15 is 0 Å². The summed E-state index contributed by atoms with van der Waals surface area (Å²) in [6, 6.07) is 12.3. The van der Waals surface area contributed by atoms with E-state index in [0.717, 1.165) is 5.56 Å². The van der Waals surface area contributed by atoms with Crippen molar-refractivity contribution in [1.82, 2.24) is 5.43 Å². The molecule has 0 aliphatic heterocycles. The van der Waals surface area contributed by atoms with Crippen LogP contribution in [0.4, 0.5) is 4.39 Å². The fourth-order valence-electron chi connectivity index (χ4n) is 2.00. The molecule has 4 heteroatoms. The van der Waals surface area contributed by atoms with Crippen molar-refractivity contribution in [2.75, 3.05) is 0 Å². The fraction of sp³-hybridized carbons (Fsp3) is 0.200. The highest BCUT2D eigenvalue weighted by Gasteiger charge is 2.15. The Bertz CT molecular complexity index is 555. The normalized spacial score (nSPS) is 12.4. The first-order chi connectivity index (χ1) is 9.10. The molecule has 0 saturated heterocycles. The molecule has 2 aromatic carbocycles. The third-order valence-electron chi connectivity index (χ3n) is 3.10. The SMILES string of the molecule is Cc1ccc(CC(NN)c2cc(Cl)ccc2F)cc1. The van der Waals surface area contributed by atoms with Crippen molar-refractivity contribution in [3.05, 3.63) is 70.0 Å². The lowest BCUT2D eigenvalue weighted by Crippen LogP contribution is -2.30. The number of hydrogen-bond acceptors (Lipinski definition) is 2. The Hall–Kier alpha value is -1.42. The summed E-state index contributed by atoms with van der Waals surface area (Å²) in [5.74, 6) is 5.24. The molecule has 2 nitrogen and oxygen atoms in total. The van der Waals surface area contributed by atoms with Crippen molar-refractivity contribution in [3.63, 3.8) is 0 Å². The van der Waals surface area contributed by atoms with E-state index in [1.54, 1.807) is 6.07 Å². The summed E-state index contributed by atoms with van der Waals surface area (Å²) in [6.45, 7) is 2.03. The summed E-state index contributed by atoms with van der Waals surface area (Å²) in [5, 5.41) is 0.501. The minimum Gasteiger partial charge on any atom is -0.271 e. The largest absolute Gasteiger partial charge is 0.271 e. The molecule has 2 aromatic rings. The predicted molar refractivity (Wildman–Crippen MR) is 76.4 cm³/mol. The van der Waals surface area contributed by atoms with Crippen molar-refractivity contribution in [3.8, 4) is 0 Å². The van der Waals surface area contributed by atoms with E-state index in [9.17, 15) is 4.39 Å². The lowest BCUT2D eigenvalue weighted by atomic mass is 9.98. The van der Waals surface area contributed by atoms with E-state index in [0.29, 0.717) is 17.0 Å². The van der Waals surface area contributed by atoms with Gasteiger partial charge in [0.1, 0.15) is 5.82 Å². The van der Waals surface area contributed by atoms with Crippen molar-refractivity contribution >= 4 is 11.6 Å². The topological polar surface area (TPSA) is 38.0 Å². The van der Waals surface area contributed by atoms with Crippen LogP contribution in [-0.4, -0.2) is 0 Å². The predicted octanol–water partition coefficient (Wildman–Crippen LogP) is 3.53. The number of rotatable bonds is 4. The molecule has 0 aliphatic carbocycles. The Morgan fingerprint density at radius 1 is 1.21 bits per heavy atom. The highest BCUT2D eigenvalue weighted by atomic mass is 35.5. The second-order valence-electron chi connectivity index (χ2n) is 4.57. The van der Waals surface area contributed by atoms with Crippen LogP contribution in [0.25, 0.3) is 0 Å². The Kier molecular flexibility index (Phi) is 4.53. The maximum absolute atomic E-state index is 13.8. The van der Waals surface area contributed by atoms with Gasteiger partial charge in [0.25, 0.3) is 0 Å². The molecule has 19 heavy (non-hydrogen) atoms. The minimum atomic E-state index is -0.306. The van der Waals surface area contributed by atoms with Gasteiger partial charge in [0.2, 0.25) is 0 Å². The van der Waals surface area contributed by atoms with Gasteiger partial charge in [-0.1, -0.05) is 41.4 Å². The number of halogens is 2. The van der Waals surface area contributed by atoms with E-state index < -0.39 is 0 Å². The van der Waals surface area contributed by atoms with Crippen LogP contribution in [0.3, 0.4) is 0 Å². The molecule has 0 heterocycles. The first-order valence-corrected chi connectivity index (χ1v) is 6.44. The Balaban J connectivity index is 2.24. The molecule has 0 amide bonds. The van der Waals surface area contributed by atoms with Gasteiger partial charge >= 0.3 is 0 Å². The first-order valence-electron chi connectivity index (χ1n) is 6.07. The second kappa shape index (κ2) is 6.15. The van der Waals surface area contributed by atoms with Gasteiger partial charge in [-0.2, -0.15) is 0 Å². The third-order valence-corrected chi connectivity index (χ3v) is 3.33. The maximum atomic E-state index is 13.8. The van der Waals surface area contributed by atoms with E-state index in [4.69, 9.17) is 17.4 Å². The van der Waals surface area contributed by atoms with Crippen LogP contribution in [0.15, 0.2) is 42.5 Å². The number of benzene rings is 2. The standard InChI is InChI=1S/C15H16ClFN2/c1-10-2-4-11(5-3-10)8-15(19-18)13-9-12(16)6-7-14(13)17/h2-7,9,15,19H,8,18H2,1H3. The second-order valence-corrected chi connectivity index (χ2v) is 5.01. The van der Waals surface area contributed by atoms with Crippen LogP contribution in [0.1, 0.15) is 22.7 Å². The molecular weight excluding hydrogens is 263 g/mol. The number of hydrogen-bond donors (Lipinski definition) is 2. The van der Waals surface area contributed by atoms with Gasteiger partial charge in [0.15, 0.2) is 0 Å². The van der Waals surface area contributed by atoms with Crippen LogP contribution in [0, 0.1) is 12.7 Å². The number of nitrogens with two attached hydrogens (primary N) is 1. The molecule has 3 N–H and O–H groups in total. The summed E-state index contributed by atoms with van der Waals surface area (Å²) in [5.41, 5.74) is 5.41. The number of aryl methyl sites for hydroxylation is 1. The molecule has 0 spiro atoms. The Morgan fingerprint density at radius 2 is 1.89 bits per heavy atom. The van der Waals surface area contributed by atoms with E-state index in [2.05, 4.69) is 5.43 Å². The summed E-state index contributed by atoms with van der Waals surface area (Å²) in [4.78, 5) is 0. The molecule has 1 unspecified atom stereocenters. The molecule has 0 aliphatic rings. The smallest absolute Gasteiger partial charge is 0.128 e. The van der Waals surface area contributed by atoms with E-state index in [-0.39, 0.29) is 11.9 Å². The maximum Gasteiger partial charge on any atom is 0.128 e. The molecule has 0 fully saturated rings. The molecule has 0 radical (unpaired) electrons. The van der Waals surface area contributed by atoms with E-state index in [1.165, 1.54) is 17.7 Å². The average molecular weight is 279 g/mol. The van der Waals surface area contributed by atoms with Crippen molar-refractivity contribution in [1.29, 1.82) is 0 Å². The lowest BCUT2D eigenvalue weighted by Gasteiger charge is -2.17. The Labute approximate surface area is 117 Å². The summed E-state index contributed by atoms with van der Waals surface area (Å²) in [7, 11) is 0. The van der Waals surface area contributed by atoms with E-state index in [1.807, 2.05) is 31.2 Å². The fourth-order valence-corrected chi connectivity index (χ4v) is 2.18. The summed E-state index contributed by atoms with van der Waals surface area (Å²) < 4.78 is 13.8. The molecule has 100 valence electrons. The molecular formula is C15H16ClFN2. The van der Waals surface area contributed by atoms with Gasteiger partial charge in [-0.25, -0.2) is 4.39 Å². The molecule has 0 aromatic heterocycles. The minimum absolute atomic E-state index is 0.304. The van der Waals surface area contributed by atoms with Gasteiger partial charge in [-0.05, 0) is 37.1 Å². The number of hydrazine groups is 1. The van der Waals surface area contributed by atoms with Crippen molar-refractivity contribution < 1.29 is 4.39 Å². The number of nitrogens with one attached hydrogen (secondary N) is 1. The first kappa shape index (κ1) is 14.0. The van der Waals surface area contributed by atoms with Crippen LogP contribution < -0.4 is 11.3 Å². The van der Waals surface area contributed by atoms with Crippen molar-refractivity contribution in [2.45, 2.75) is 19.4 Å². The molecule has 1 atom stereocenters. The molecule has 2 rings (SSSR count). The van der Waals surface area contributed by atoms with Crippen LogP contribution in [0.2, 0.25) is 5.02 Å². The zero-order chi connectivity index (χ0) is 13.8. The van der Waals surface area contributed by atoms with Gasteiger partial charge < -0.3 is 0 Å². The van der Waals surface area contributed by atoms with Gasteiger partial charge in [-0.15, -0.1) is 0 Å².